The van der Waals surface area contributed by atoms with Crippen molar-refractivity contribution in [1.82, 2.24) is 9.13 Å². The van der Waals surface area contributed by atoms with Gasteiger partial charge in [-0.25, -0.2) is 0 Å². The summed E-state index contributed by atoms with van der Waals surface area (Å²) >= 11 is 1.82. The third-order valence-corrected chi connectivity index (χ3v) is 10.9. The molecule has 0 fully saturated rings. The molecule has 0 amide bonds. The maximum atomic E-state index is 2.49. The Bertz CT molecular complexity index is 2850. The second kappa shape index (κ2) is 10.6. The van der Waals surface area contributed by atoms with Crippen LogP contribution in [0.3, 0.4) is 0 Å². The SMILES string of the molecule is Cc1cccc(-c2csc3ccccc23)c1-n1c2ccccc2c2cc(-c3ccc4c(c3)c3ccccc3n4-c3ccccc3)ccc21. The molecule has 0 atom stereocenters. The molecule has 0 aliphatic carbocycles. The Kier molecular flexibility index (Phi) is 5.99. The van der Waals surface area contributed by atoms with Gasteiger partial charge in [-0.1, -0.05) is 103 Å². The first-order chi connectivity index (χ1) is 23.7. The molecule has 10 aromatic rings. The number of fused-ring (bicyclic) bond motifs is 7. The first kappa shape index (κ1) is 27.2. The van der Waals surface area contributed by atoms with E-state index in [1.165, 1.54) is 92.9 Å². The second-order valence-corrected chi connectivity index (χ2v) is 13.5. The molecule has 7 aromatic carbocycles. The topological polar surface area (TPSA) is 9.86 Å². The van der Waals surface area contributed by atoms with Crippen molar-refractivity contribution < 1.29 is 0 Å². The van der Waals surface area contributed by atoms with E-state index >= 15 is 0 Å². The van der Waals surface area contributed by atoms with Gasteiger partial charge in [0.15, 0.2) is 0 Å². The zero-order valence-corrected chi connectivity index (χ0v) is 27.2. The number of aromatic nitrogens is 2. The molecule has 10 rings (SSSR count). The Hall–Kier alpha value is -5.90. The summed E-state index contributed by atoms with van der Waals surface area (Å²) < 4.78 is 6.18. The maximum Gasteiger partial charge on any atom is 0.0570 e. The van der Waals surface area contributed by atoms with Gasteiger partial charge in [-0.15, -0.1) is 11.3 Å². The highest BCUT2D eigenvalue weighted by molar-refractivity contribution is 7.17. The highest BCUT2D eigenvalue weighted by Crippen LogP contribution is 2.43. The number of benzene rings is 7. The highest BCUT2D eigenvalue weighted by atomic mass is 32.1. The van der Waals surface area contributed by atoms with E-state index in [4.69, 9.17) is 0 Å². The monoisotopic (exact) mass is 630 g/mol. The summed E-state index contributed by atoms with van der Waals surface area (Å²) in [5.41, 5.74) is 13.6. The van der Waals surface area contributed by atoms with Crippen LogP contribution in [0.25, 0.3) is 87.3 Å². The van der Waals surface area contributed by atoms with E-state index in [0.717, 1.165) is 0 Å². The van der Waals surface area contributed by atoms with Gasteiger partial charge in [0.1, 0.15) is 0 Å². The van der Waals surface area contributed by atoms with Gasteiger partial charge in [0.05, 0.1) is 27.8 Å². The first-order valence-corrected chi connectivity index (χ1v) is 17.3. The van der Waals surface area contributed by atoms with E-state index in [0.29, 0.717) is 0 Å². The molecule has 0 N–H and O–H groups in total. The molecule has 0 unspecified atom stereocenters. The summed E-state index contributed by atoms with van der Waals surface area (Å²) in [5, 5.41) is 8.69. The summed E-state index contributed by atoms with van der Waals surface area (Å²) in [4.78, 5) is 0. The minimum Gasteiger partial charge on any atom is -0.309 e. The van der Waals surface area contributed by atoms with Gasteiger partial charge in [-0.3, -0.25) is 0 Å². The van der Waals surface area contributed by atoms with Crippen molar-refractivity contribution in [2.45, 2.75) is 6.92 Å². The summed E-state index contributed by atoms with van der Waals surface area (Å²) in [5.74, 6) is 0. The van der Waals surface area contributed by atoms with Crippen LogP contribution in [0.5, 0.6) is 0 Å². The van der Waals surface area contributed by atoms with Crippen LogP contribution in [0.4, 0.5) is 0 Å². The smallest absolute Gasteiger partial charge is 0.0570 e. The van der Waals surface area contributed by atoms with Crippen molar-refractivity contribution in [1.29, 1.82) is 0 Å². The van der Waals surface area contributed by atoms with Crippen LogP contribution < -0.4 is 0 Å². The number of aryl methyl sites for hydroxylation is 1. The van der Waals surface area contributed by atoms with Crippen molar-refractivity contribution in [3.05, 3.63) is 169 Å². The lowest BCUT2D eigenvalue weighted by Gasteiger charge is -2.17. The molecule has 2 nitrogen and oxygen atoms in total. The summed E-state index contributed by atoms with van der Waals surface area (Å²) in [7, 11) is 0. The molecular formula is C45H30N2S. The number of para-hydroxylation sites is 4. The Morgan fingerprint density at radius 1 is 0.417 bits per heavy atom. The molecule has 0 radical (unpaired) electrons. The molecule has 0 aliphatic rings. The molecule has 226 valence electrons. The van der Waals surface area contributed by atoms with Crippen LogP contribution in [-0.4, -0.2) is 9.13 Å². The summed E-state index contributed by atoms with van der Waals surface area (Å²) in [6.45, 7) is 2.24. The predicted octanol–water partition coefficient (Wildman–Crippen LogP) is 12.7. The van der Waals surface area contributed by atoms with E-state index in [-0.39, 0.29) is 0 Å². The van der Waals surface area contributed by atoms with Gasteiger partial charge in [0.2, 0.25) is 0 Å². The molecule has 0 saturated carbocycles. The van der Waals surface area contributed by atoms with Crippen molar-refractivity contribution in [3.63, 3.8) is 0 Å². The molecule has 3 aromatic heterocycles. The quantitative estimate of drug-likeness (QED) is 0.183. The molecule has 3 heteroatoms. The zero-order chi connectivity index (χ0) is 31.8. The van der Waals surface area contributed by atoms with Crippen LogP contribution in [0.15, 0.2) is 163 Å². The first-order valence-electron chi connectivity index (χ1n) is 16.4. The normalized spacial score (nSPS) is 11.9. The molecular weight excluding hydrogens is 601 g/mol. The van der Waals surface area contributed by atoms with E-state index < -0.39 is 0 Å². The maximum absolute atomic E-state index is 2.49. The number of thiophene rings is 1. The minimum atomic E-state index is 1.18. The van der Waals surface area contributed by atoms with E-state index in [1.807, 2.05) is 11.3 Å². The lowest BCUT2D eigenvalue weighted by molar-refractivity contribution is 1.15. The average molecular weight is 631 g/mol. The number of nitrogens with zero attached hydrogens (tertiary/aromatic N) is 2. The number of hydrogen-bond donors (Lipinski definition) is 0. The molecule has 0 bridgehead atoms. The minimum absolute atomic E-state index is 1.18. The van der Waals surface area contributed by atoms with Crippen molar-refractivity contribution in [3.8, 4) is 33.6 Å². The Morgan fingerprint density at radius 3 is 1.69 bits per heavy atom. The lowest BCUT2D eigenvalue weighted by atomic mass is 9.99. The largest absolute Gasteiger partial charge is 0.309 e. The van der Waals surface area contributed by atoms with E-state index in [1.54, 1.807) is 0 Å². The fourth-order valence-corrected chi connectivity index (χ4v) is 8.72. The molecule has 0 aliphatic heterocycles. The Labute approximate surface area is 282 Å². The third kappa shape index (κ3) is 3.98. The fraction of sp³-hybridized carbons (Fsp3) is 0.0222. The van der Waals surface area contributed by atoms with Crippen molar-refractivity contribution >= 4 is 65.0 Å². The van der Waals surface area contributed by atoms with Gasteiger partial charge in [0.25, 0.3) is 0 Å². The third-order valence-electron chi connectivity index (χ3n) is 9.93. The number of rotatable bonds is 4. The highest BCUT2D eigenvalue weighted by Gasteiger charge is 2.20. The molecule has 0 saturated heterocycles. The Balaban J connectivity index is 1.19. The average Bonchev–Trinajstić information content (AvgIpc) is 3.82. The van der Waals surface area contributed by atoms with E-state index in [2.05, 4.69) is 179 Å². The van der Waals surface area contributed by atoms with Gasteiger partial charge >= 0.3 is 0 Å². The van der Waals surface area contributed by atoms with Crippen LogP contribution in [-0.2, 0) is 0 Å². The predicted molar refractivity (Wildman–Crippen MR) is 206 cm³/mol. The Morgan fingerprint density at radius 2 is 0.979 bits per heavy atom. The van der Waals surface area contributed by atoms with Crippen LogP contribution >= 0.6 is 11.3 Å². The van der Waals surface area contributed by atoms with Gasteiger partial charge < -0.3 is 9.13 Å². The number of hydrogen-bond acceptors (Lipinski definition) is 1. The van der Waals surface area contributed by atoms with Gasteiger partial charge in [-0.05, 0) is 83.6 Å². The van der Waals surface area contributed by atoms with E-state index in [9.17, 15) is 0 Å². The fourth-order valence-electron chi connectivity index (χ4n) is 7.76. The summed E-state index contributed by atoms with van der Waals surface area (Å²) in [6.07, 6.45) is 0. The van der Waals surface area contributed by atoms with Gasteiger partial charge in [-0.2, -0.15) is 0 Å². The molecule has 3 heterocycles. The van der Waals surface area contributed by atoms with Crippen molar-refractivity contribution in [2.75, 3.05) is 0 Å². The second-order valence-electron chi connectivity index (χ2n) is 12.6. The van der Waals surface area contributed by atoms with Crippen LogP contribution in [0.1, 0.15) is 5.56 Å². The summed E-state index contributed by atoms with van der Waals surface area (Å²) in [6, 6.07) is 57.7. The lowest BCUT2D eigenvalue weighted by Crippen LogP contribution is -2.00. The molecule has 48 heavy (non-hydrogen) atoms. The zero-order valence-electron chi connectivity index (χ0n) is 26.4. The van der Waals surface area contributed by atoms with Crippen LogP contribution in [0.2, 0.25) is 0 Å². The standard InChI is InChI=1S/C45H30N2S/c1-29-12-11-18-36(39-28-48-44-21-10-7-17-35(39)44)45(29)47-41-20-9-6-16-34(41)38-27-31(23-25-43(38)47)30-22-24-42-37(26-30)33-15-5-8-19-40(33)46(42)32-13-3-2-4-14-32/h2-28H,1H3. The molecule has 0 spiro atoms. The van der Waals surface area contributed by atoms with Crippen molar-refractivity contribution in [2.24, 2.45) is 0 Å². The van der Waals surface area contributed by atoms with Gasteiger partial charge in [0, 0.05) is 48.4 Å². The van der Waals surface area contributed by atoms with Crippen LogP contribution in [0, 0.1) is 6.92 Å².